The van der Waals surface area contributed by atoms with Gasteiger partial charge in [-0.3, -0.25) is 9.69 Å². The molecule has 1 aliphatic heterocycles. The number of nitrogens with one attached hydrogen (secondary N) is 1. The molecule has 1 saturated heterocycles. The maximum Gasteiger partial charge on any atom is 0.248 e. The smallest absolute Gasteiger partial charge is 0.248 e. The predicted octanol–water partition coefficient (Wildman–Crippen LogP) is 4.73. The molecule has 0 atom stereocenters. The number of rotatable bonds is 8. The van der Waals surface area contributed by atoms with Gasteiger partial charge in [0, 0.05) is 60.2 Å². The van der Waals surface area contributed by atoms with Crippen molar-refractivity contribution in [3.05, 3.63) is 65.0 Å². The van der Waals surface area contributed by atoms with Gasteiger partial charge in [-0.2, -0.15) is 0 Å². The van der Waals surface area contributed by atoms with Gasteiger partial charge in [-0.25, -0.2) is 0 Å². The highest BCUT2D eigenvalue weighted by atomic mass is 32.1. The van der Waals surface area contributed by atoms with Crippen LogP contribution in [-0.4, -0.2) is 56.3 Å². The summed E-state index contributed by atoms with van der Waals surface area (Å²) in [7, 11) is 1.73. The zero-order chi connectivity index (χ0) is 22.6. The van der Waals surface area contributed by atoms with E-state index in [2.05, 4.69) is 39.0 Å². The summed E-state index contributed by atoms with van der Waals surface area (Å²) in [5.41, 5.74) is 2.04. The minimum atomic E-state index is -0.0912. The molecule has 4 aromatic rings. The molecule has 33 heavy (non-hydrogen) atoms. The summed E-state index contributed by atoms with van der Waals surface area (Å²) >= 11 is 1.70. The van der Waals surface area contributed by atoms with Crippen LogP contribution in [0.3, 0.4) is 0 Å². The summed E-state index contributed by atoms with van der Waals surface area (Å²) in [5, 5.41) is 3.27. The number of pyridine rings is 1. The largest absolute Gasteiger partial charge is 0.494 e. The monoisotopic (exact) mass is 463 g/mol. The van der Waals surface area contributed by atoms with E-state index >= 15 is 0 Å². The Hall–Kier alpha value is -3.03. The van der Waals surface area contributed by atoms with Crippen molar-refractivity contribution in [2.75, 3.05) is 51.3 Å². The van der Waals surface area contributed by atoms with Crippen molar-refractivity contribution in [1.29, 1.82) is 0 Å². The van der Waals surface area contributed by atoms with E-state index in [1.54, 1.807) is 24.5 Å². The Morgan fingerprint density at radius 2 is 1.85 bits per heavy atom. The van der Waals surface area contributed by atoms with Gasteiger partial charge in [0.2, 0.25) is 5.56 Å². The second-order valence-electron chi connectivity index (χ2n) is 8.41. The summed E-state index contributed by atoms with van der Waals surface area (Å²) in [6.45, 7) is 6.03. The molecular weight excluding hydrogens is 434 g/mol. The third kappa shape index (κ3) is 4.99. The maximum absolute atomic E-state index is 11.5. The van der Waals surface area contributed by atoms with E-state index in [1.165, 1.54) is 15.8 Å². The molecule has 2 aromatic carbocycles. The molecular formula is C26H29N3O3S. The van der Waals surface area contributed by atoms with E-state index in [1.807, 2.05) is 24.3 Å². The quantitative estimate of drug-likeness (QED) is 0.383. The lowest BCUT2D eigenvalue weighted by Gasteiger charge is -2.36. The zero-order valence-electron chi connectivity index (χ0n) is 18.9. The number of nitrogens with zero attached hydrogens (tertiary/aromatic N) is 2. The lowest BCUT2D eigenvalue weighted by atomic mass is 10.1. The number of hydrogen-bond acceptors (Lipinski definition) is 6. The second-order valence-corrected chi connectivity index (χ2v) is 9.46. The number of hydrogen-bond donors (Lipinski definition) is 1. The number of unbranched alkanes of at least 4 members (excludes halogenated alkanes) is 1. The molecule has 7 heteroatoms. The van der Waals surface area contributed by atoms with E-state index in [-0.39, 0.29) is 5.56 Å². The van der Waals surface area contributed by atoms with Crippen LogP contribution in [-0.2, 0) is 0 Å². The van der Waals surface area contributed by atoms with Crippen LogP contribution < -0.4 is 19.9 Å². The normalized spacial score (nSPS) is 14.8. The first-order chi connectivity index (χ1) is 16.2. The van der Waals surface area contributed by atoms with Gasteiger partial charge in [-0.05, 0) is 55.1 Å². The molecule has 172 valence electrons. The highest BCUT2D eigenvalue weighted by Gasteiger charge is 2.19. The Kier molecular flexibility index (Phi) is 6.51. The number of aromatic nitrogens is 1. The summed E-state index contributed by atoms with van der Waals surface area (Å²) in [6, 6.07) is 17.9. The maximum atomic E-state index is 11.5. The zero-order valence-corrected chi connectivity index (χ0v) is 19.7. The molecule has 5 rings (SSSR count). The minimum absolute atomic E-state index is 0.0912. The van der Waals surface area contributed by atoms with Gasteiger partial charge in [0.1, 0.15) is 5.75 Å². The van der Waals surface area contributed by atoms with Gasteiger partial charge in [0.15, 0.2) is 5.06 Å². The van der Waals surface area contributed by atoms with Crippen LogP contribution >= 0.6 is 11.3 Å². The van der Waals surface area contributed by atoms with Crippen LogP contribution in [0.25, 0.3) is 21.0 Å². The van der Waals surface area contributed by atoms with Crippen LogP contribution in [0.5, 0.6) is 10.8 Å². The highest BCUT2D eigenvalue weighted by Crippen LogP contribution is 2.37. The second kappa shape index (κ2) is 9.85. The predicted molar refractivity (Wildman–Crippen MR) is 136 cm³/mol. The average molecular weight is 464 g/mol. The topological polar surface area (TPSA) is 57.8 Å². The molecule has 0 saturated carbocycles. The van der Waals surface area contributed by atoms with E-state index in [9.17, 15) is 4.79 Å². The third-order valence-electron chi connectivity index (χ3n) is 6.26. The Morgan fingerprint density at radius 1 is 1.00 bits per heavy atom. The highest BCUT2D eigenvalue weighted by molar-refractivity contribution is 7.20. The standard InChI is InChI=1S/C26H29N3O3S/c1-31-26-18-21-23(5-4-6-24(21)33-26)29-14-12-28(13-15-29)11-2-3-16-32-20-9-7-19-8-10-25(30)27-22(19)17-20/h4-10,17-18H,2-3,11-16H2,1H3,(H,27,30). The molecule has 0 unspecified atom stereocenters. The first-order valence-electron chi connectivity index (χ1n) is 11.5. The summed E-state index contributed by atoms with van der Waals surface area (Å²) in [6.07, 6.45) is 2.12. The Labute approximate surface area is 197 Å². The average Bonchev–Trinajstić information content (AvgIpc) is 3.28. The number of H-pyrrole nitrogens is 1. The number of thiophene rings is 1. The number of benzene rings is 2. The molecule has 0 radical (unpaired) electrons. The van der Waals surface area contributed by atoms with Crippen molar-refractivity contribution in [3.8, 4) is 10.8 Å². The fourth-order valence-corrected chi connectivity index (χ4v) is 5.35. The molecule has 2 aromatic heterocycles. The lowest BCUT2D eigenvalue weighted by molar-refractivity contribution is 0.239. The Morgan fingerprint density at radius 3 is 2.70 bits per heavy atom. The molecule has 1 N–H and O–H groups in total. The van der Waals surface area contributed by atoms with Gasteiger partial charge >= 0.3 is 0 Å². The van der Waals surface area contributed by atoms with Gasteiger partial charge in [-0.15, -0.1) is 0 Å². The summed E-state index contributed by atoms with van der Waals surface area (Å²) in [5.74, 6) is 0.803. The molecule has 0 amide bonds. The first-order valence-corrected chi connectivity index (χ1v) is 12.3. The molecule has 0 spiro atoms. The number of aromatic amines is 1. The summed E-state index contributed by atoms with van der Waals surface area (Å²) in [4.78, 5) is 19.4. The number of ether oxygens (including phenoxy) is 2. The van der Waals surface area contributed by atoms with E-state index in [0.29, 0.717) is 6.61 Å². The van der Waals surface area contributed by atoms with E-state index < -0.39 is 0 Å². The molecule has 3 heterocycles. The van der Waals surface area contributed by atoms with Crippen LogP contribution in [0.4, 0.5) is 5.69 Å². The van der Waals surface area contributed by atoms with E-state index in [4.69, 9.17) is 9.47 Å². The Balaban J connectivity index is 1.07. The van der Waals surface area contributed by atoms with Crippen LogP contribution in [0, 0.1) is 0 Å². The van der Waals surface area contributed by atoms with E-state index in [0.717, 1.165) is 67.3 Å². The van der Waals surface area contributed by atoms with Crippen molar-refractivity contribution in [1.82, 2.24) is 9.88 Å². The lowest BCUT2D eigenvalue weighted by Crippen LogP contribution is -2.46. The number of methoxy groups -OCH3 is 1. The fraction of sp³-hybridized carbons (Fsp3) is 0.346. The molecule has 6 nitrogen and oxygen atoms in total. The molecule has 1 fully saturated rings. The van der Waals surface area contributed by atoms with Crippen LogP contribution in [0.2, 0.25) is 0 Å². The first kappa shape index (κ1) is 21.8. The third-order valence-corrected chi connectivity index (χ3v) is 7.33. The van der Waals surface area contributed by atoms with Crippen molar-refractivity contribution in [3.63, 3.8) is 0 Å². The molecule has 1 aliphatic rings. The fourth-order valence-electron chi connectivity index (χ4n) is 4.46. The van der Waals surface area contributed by atoms with Gasteiger partial charge in [0.25, 0.3) is 0 Å². The molecule has 0 aliphatic carbocycles. The summed E-state index contributed by atoms with van der Waals surface area (Å²) < 4.78 is 12.6. The van der Waals surface area contributed by atoms with Crippen molar-refractivity contribution in [2.24, 2.45) is 0 Å². The van der Waals surface area contributed by atoms with Crippen molar-refractivity contribution in [2.45, 2.75) is 12.8 Å². The SMILES string of the molecule is COc1cc2c(N3CCN(CCCCOc4ccc5ccc(=O)[nH]c5c4)CC3)cccc2s1. The van der Waals surface area contributed by atoms with Crippen LogP contribution in [0.1, 0.15) is 12.8 Å². The van der Waals surface area contributed by atoms with Crippen molar-refractivity contribution >= 4 is 38.0 Å². The van der Waals surface area contributed by atoms with Gasteiger partial charge in [0.05, 0.1) is 19.2 Å². The molecule has 0 bridgehead atoms. The number of fused-ring (bicyclic) bond motifs is 2. The minimum Gasteiger partial charge on any atom is -0.494 e. The number of piperazine rings is 1. The van der Waals surface area contributed by atoms with Gasteiger partial charge in [-0.1, -0.05) is 17.4 Å². The van der Waals surface area contributed by atoms with Crippen LogP contribution in [0.15, 0.2) is 59.4 Å². The van der Waals surface area contributed by atoms with Gasteiger partial charge < -0.3 is 19.4 Å². The number of anilines is 1. The van der Waals surface area contributed by atoms with Crippen molar-refractivity contribution < 1.29 is 9.47 Å². The Bertz CT molecular complexity index is 1290.